The first kappa shape index (κ1) is 13.6. The van der Waals surface area contributed by atoms with Gasteiger partial charge in [-0.15, -0.1) is 0 Å². The fourth-order valence-corrected chi connectivity index (χ4v) is 3.85. The first-order valence-corrected chi connectivity index (χ1v) is 8.39. The van der Waals surface area contributed by atoms with E-state index in [2.05, 4.69) is 74.5 Å². The molecule has 116 valence electrons. The maximum absolute atomic E-state index is 6.24. The van der Waals surface area contributed by atoms with E-state index >= 15 is 0 Å². The van der Waals surface area contributed by atoms with E-state index in [-0.39, 0.29) is 0 Å². The van der Waals surface area contributed by atoms with Crippen molar-refractivity contribution in [2.75, 3.05) is 0 Å². The molecule has 1 aliphatic rings. The predicted octanol–water partition coefficient (Wildman–Crippen LogP) is 6.17. The Morgan fingerprint density at radius 1 is 0.667 bits per heavy atom. The topological polar surface area (TPSA) is 9.23 Å². The molecule has 5 rings (SSSR count). The van der Waals surface area contributed by atoms with Crippen LogP contribution < -0.4 is 4.74 Å². The molecule has 0 N–H and O–H groups in total. The largest absolute Gasteiger partial charge is 0.488 e. The van der Waals surface area contributed by atoms with Crippen LogP contribution in [0.2, 0.25) is 0 Å². The molecule has 0 unspecified atom stereocenters. The molecule has 4 aromatic carbocycles. The second-order valence-electron chi connectivity index (χ2n) is 6.77. The maximum Gasteiger partial charge on any atom is 0.135 e. The van der Waals surface area contributed by atoms with Crippen LogP contribution in [0.5, 0.6) is 5.75 Å². The summed E-state index contributed by atoms with van der Waals surface area (Å²) >= 11 is 0. The van der Waals surface area contributed by atoms with Gasteiger partial charge in [0, 0.05) is 16.5 Å². The third kappa shape index (κ3) is 1.88. The van der Waals surface area contributed by atoms with Crippen LogP contribution in [0.4, 0.5) is 0 Å². The molecule has 0 amide bonds. The lowest BCUT2D eigenvalue weighted by Gasteiger charge is -2.24. The molecular formula is C23H18O. The summed E-state index contributed by atoms with van der Waals surface area (Å²) in [6.45, 7) is 4.90. The molecule has 1 nitrogen and oxygen atoms in total. The van der Waals surface area contributed by atoms with Crippen LogP contribution in [0.25, 0.3) is 32.7 Å². The number of aryl methyl sites for hydroxylation is 2. The summed E-state index contributed by atoms with van der Waals surface area (Å²) in [7, 11) is 0. The summed E-state index contributed by atoms with van der Waals surface area (Å²) in [5.74, 6) is 1.02. The Morgan fingerprint density at radius 3 is 2.04 bits per heavy atom. The van der Waals surface area contributed by atoms with E-state index in [1.807, 2.05) is 0 Å². The van der Waals surface area contributed by atoms with E-state index in [9.17, 15) is 0 Å². The standard InChI is InChI=1S/C23H18O/c1-14-3-7-18-16(11-14)5-9-20-21-10-6-17-12-15(2)4-8-19(17)23(21)24-13-22(18)20/h3-12H,13H2,1-2H3. The maximum atomic E-state index is 6.24. The van der Waals surface area contributed by atoms with Gasteiger partial charge in [-0.1, -0.05) is 71.8 Å². The second kappa shape index (κ2) is 4.85. The Kier molecular flexibility index (Phi) is 2.75. The van der Waals surface area contributed by atoms with Crippen molar-refractivity contribution < 1.29 is 4.74 Å². The SMILES string of the molecule is Cc1ccc2c3c(ccc2c1)-c1ccc2cc(C)ccc2c1OC3. The van der Waals surface area contributed by atoms with Crippen molar-refractivity contribution >= 4 is 21.5 Å². The molecule has 0 saturated heterocycles. The summed E-state index contributed by atoms with van der Waals surface area (Å²) in [6.07, 6.45) is 0. The van der Waals surface area contributed by atoms with Gasteiger partial charge in [0.05, 0.1) is 0 Å². The average molecular weight is 310 g/mol. The molecule has 0 aliphatic carbocycles. The van der Waals surface area contributed by atoms with Gasteiger partial charge in [-0.3, -0.25) is 0 Å². The van der Waals surface area contributed by atoms with Gasteiger partial charge in [0.15, 0.2) is 0 Å². The number of ether oxygens (including phenoxy) is 1. The van der Waals surface area contributed by atoms with E-state index in [4.69, 9.17) is 4.74 Å². The number of hydrogen-bond acceptors (Lipinski definition) is 1. The van der Waals surface area contributed by atoms with Crippen molar-refractivity contribution in [3.05, 3.63) is 77.4 Å². The highest BCUT2D eigenvalue weighted by atomic mass is 16.5. The molecule has 24 heavy (non-hydrogen) atoms. The number of fused-ring (bicyclic) bond motifs is 7. The fraction of sp³-hybridized carbons (Fsp3) is 0.130. The minimum atomic E-state index is 0.635. The van der Waals surface area contributed by atoms with Crippen molar-refractivity contribution in [3.63, 3.8) is 0 Å². The second-order valence-corrected chi connectivity index (χ2v) is 6.77. The zero-order valence-corrected chi connectivity index (χ0v) is 13.9. The Hall–Kier alpha value is -2.80. The highest BCUT2D eigenvalue weighted by Crippen LogP contribution is 2.44. The van der Waals surface area contributed by atoms with E-state index in [1.165, 1.54) is 49.4 Å². The van der Waals surface area contributed by atoms with Crippen molar-refractivity contribution in [2.45, 2.75) is 20.5 Å². The van der Waals surface area contributed by atoms with Crippen LogP contribution in [0.3, 0.4) is 0 Å². The Bertz CT molecular complexity index is 1030. The van der Waals surface area contributed by atoms with Crippen LogP contribution in [-0.2, 0) is 6.61 Å². The van der Waals surface area contributed by atoms with Crippen LogP contribution in [0.15, 0.2) is 60.7 Å². The first-order valence-electron chi connectivity index (χ1n) is 8.39. The van der Waals surface area contributed by atoms with Crippen molar-refractivity contribution in [1.29, 1.82) is 0 Å². The quantitative estimate of drug-likeness (QED) is 0.377. The Morgan fingerprint density at radius 2 is 1.29 bits per heavy atom. The zero-order valence-electron chi connectivity index (χ0n) is 13.9. The smallest absolute Gasteiger partial charge is 0.135 e. The van der Waals surface area contributed by atoms with Crippen LogP contribution >= 0.6 is 0 Å². The highest BCUT2D eigenvalue weighted by Gasteiger charge is 2.21. The molecule has 0 spiro atoms. The third-order valence-electron chi connectivity index (χ3n) is 5.06. The van der Waals surface area contributed by atoms with Gasteiger partial charge in [0.1, 0.15) is 12.4 Å². The predicted molar refractivity (Wildman–Crippen MR) is 101 cm³/mol. The normalized spacial score (nSPS) is 12.8. The van der Waals surface area contributed by atoms with E-state index < -0.39 is 0 Å². The van der Waals surface area contributed by atoms with Gasteiger partial charge in [0.2, 0.25) is 0 Å². The van der Waals surface area contributed by atoms with Crippen LogP contribution in [-0.4, -0.2) is 0 Å². The molecule has 1 heterocycles. The van der Waals surface area contributed by atoms with E-state index in [0.29, 0.717) is 6.61 Å². The molecule has 0 fully saturated rings. The van der Waals surface area contributed by atoms with Gasteiger partial charge >= 0.3 is 0 Å². The van der Waals surface area contributed by atoms with Gasteiger partial charge < -0.3 is 4.74 Å². The van der Waals surface area contributed by atoms with Gasteiger partial charge in [-0.05, 0) is 35.6 Å². The zero-order chi connectivity index (χ0) is 16.3. The van der Waals surface area contributed by atoms with Crippen molar-refractivity contribution in [3.8, 4) is 16.9 Å². The summed E-state index contributed by atoms with van der Waals surface area (Å²) in [5, 5.41) is 5.03. The summed E-state index contributed by atoms with van der Waals surface area (Å²) < 4.78 is 6.24. The summed E-state index contributed by atoms with van der Waals surface area (Å²) in [5.41, 5.74) is 6.37. The molecule has 0 bridgehead atoms. The summed E-state index contributed by atoms with van der Waals surface area (Å²) in [6, 6.07) is 22.1. The lowest BCUT2D eigenvalue weighted by molar-refractivity contribution is 0.308. The minimum Gasteiger partial charge on any atom is -0.488 e. The van der Waals surface area contributed by atoms with Crippen LogP contribution in [0, 0.1) is 13.8 Å². The molecule has 0 saturated carbocycles. The third-order valence-corrected chi connectivity index (χ3v) is 5.06. The monoisotopic (exact) mass is 310 g/mol. The van der Waals surface area contributed by atoms with E-state index in [1.54, 1.807) is 0 Å². The summed E-state index contributed by atoms with van der Waals surface area (Å²) in [4.78, 5) is 0. The number of benzene rings is 4. The van der Waals surface area contributed by atoms with Gasteiger partial charge in [-0.25, -0.2) is 0 Å². The molecule has 0 atom stereocenters. The number of hydrogen-bond donors (Lipinski definition) is 0. The lowest BCUT2D eigenvalue weighted by Crippen LogP contribution is -2.06. The van der Waals surface area contributed by atoms with Crippen LogP contribution in [0.1, 0.15) is 16.7 Å². The molecule has 1 heteroatoms. The Balaban J connectivity index is 1.82. The Labute approximate surface area is 141 Å². The molecule has 0 aromatic heterocycles. The highest BCUT2D eigenvalue weighted by molar-refractivity contribution is 6.00. The molecular weight excluding hydrogens is 292 g/mol. The van der Waals surface area contributed by atoms with E-state index in [0.717, 1.165) is 5.75 Å². The van der Waals surface area contributed by atoms with Gasteiger partial charge in [0.25, 0.3) is 0 Å². The lowest BCUT2D eigenvalue weighted by atomic mass is 9.90. The van der Waals surface area contributed by atoms with Crippen molar-refractivity contribution in [1.82, 2.24) is 0 Å². The number of rotatable bonds is 0. The van der Waals surface area contributed by atoms with Gasteiger partial charge in [-0.2, -0.15) is 0 Å². The molecule has 0 radical (unpaired) electrons. The molecule has 4 aromatic rings. The first-order chi connectivity index (χ1) is 11.7. The average Bonchev–Trinajstić information content (AvgIpc) is 2.60. The van der Waals surface area contributed by atoms with Crippen molar-refractivity contribution in [2.24, 2.45) is 0 Å². The molecule has 1 aliphatic heterocycles. The minimum absolute atomic E-state index is 0.635. The fourth-order valence-electron chi connectivity index (χ4n) is 3.85.